The second kappa shape index (κ2) is 5.54. The van der Waals surface area contributed by atoms with E-state index in [2.05, 4.69) is 0 Å². The van der Waals surface area contributed by atoms with Crippen molar-refractivity contribution in [2.75, 3.05) is 18.1 Å². The number of hydrogen-bond acceptors (Lipinski definition) is 3. The minimum Gasteiger partial charge on any atom is -0.396 e. The molecular weight excluding hydrogens is 274 g/mol. The molecule has 2 rings (SSSR count). The summed E-state index contributed by atoms with van der Waals surface area (Å²) in [6.45, 7) is -0.226. The highest BCUT2D eigenvalue weighted by Crippen LogP contribution is 2.29. The Balaban J connectivity index is 2.14. The van der Waals surface area contributed by atoms with Gasteiger partial charge in [0.05, 0.1) is 11.5 Å². The Labute approximate surface area is 111 Å². The standard InChI is InChI=1S/C13H16F2O3S/c14-12-3-1-2-9(13(12)15)6-11(7-16)10-4-5-19(17,18)8-10/h1-3,10-11,16H,4-8H2. The third-order valence-electron chi connectivity index (χ3n) is 3.68. The van der Waals surface area contributed by atoms with E-state index in [1.807, 2.05) is 0 Å². The molecule has 1 heterocycles. The monoisotopic (exact) mass is 290 g/mol. The zero-order chi connectivity index (χ0) is 14.0. The average molecular weight is 290 g/mol. The van der Waals surface area contributed by atoms with Crippen molar-refractivity contribution in [2.24, 2.45) is 11.8 Å². The zero-order valence-corrected chi connectivity index (χ0v) is 11.2. The molecule has 0 aliphatic carbocycles. The smallest absolute Gasteiger partial charge is 0.162 e. The molecule has 1 aromatic carbocycles. The van der Waals surface area contributed by atoms with E-state index in [0.717, 1.165) is 6.07 Å². The van der Waals surface area contributed by atoms with Gasteiger partial charge in [0.15, 0.2) is 21.5 Å². The van der Waals surface area contributed by atoms with Gasteiger partial charge in [-0.15, -0.1) is 0 Å². The summed E-state index contributed by atoms with van der Waals surface area (Å²) in [7, 11) is -3.04. The third kappa shape index (κ3) is 3.30. The number of hydrogen-bond donors (Lipinski definition) is 1. The first-order valence-corrected chi connectivity index (χ1v) is 7.99. The van der Waals surface area contributed by atoms with E-state index in [1.165, 1.54) is 12.1 Å². The van der Waals surface area contributed by atoms with Crippen LogP contribution in [0.4, 0.5) is 8.78 Å². The number of sulfone groups is 1. The van der Waals surface area contributed by atoms with Crippen LogP contribution >= 0.6 is 0 Å². The Bertz CT molecular complexity index is 557. The summed E-state index contributed by atoms with van der Waals surface area (Å²) >= 11 is 0. The highest BCUT2D eigenvalue weighted by atomic mass is 32.2. The van der Waals surface area contributed by atoms with Crippen molar-refractivity contribution in [3.8, 4) is 0 Å². The van der Waals surface area contributed by atoms with Crippen molar-refractivity contribution in [2.45, 2.75) is 12.8 Å². The van der Waals surface area contributed by atoms with Crippen molar-refractivity contribution in [1.82, 2.24) is 0 Å². The molecule has 1 N–H and O–H groups in total. The maximum atomic E-state index is 13.6. The van der Waals surface area contributed by atoms with Gasteiger partial charge >= 0.3 is 0 Å². The van der Waals surface area contributed by atoms with Gasteiger partial charge in [0.2, 0.25) is 0 Å². The molecular formula is C13H16F2O3S. The van der Waals surface area contributed by atoms with Crippen molar-refractivity contribution in [1.29, 1.82) is 0 Å². The molecule has 19 heavy (non-hydrogen) atoms. The van der Waals surface area contributed by atoms with Gasteiger partial charge in [-0.3, -0.25) is 0 Å². The van der Waals surface area contributed by atoms with Crippen LogP contribution in [0.15, 0.2) is 18.2 Å². The Morgan fingerprint density at radius 3 is 2.68 bits per heavy atom. The highest BCUT2D eigenvalue weighted by Gasteiger charge is 2.33. The molecule has 0 amide bonds. The van der Waals surface area contributed by atoms with Gasteiger partial charge < -0.3 is 5.11 Å². The quantitative estimate of drug-likeness (QED) is 0.915. The number of halogens is 2. The molecule has 0 radical (unpaired) electrons. The highest BCUT2D eigenvalue weighted by molar-refractivity contribution is 7.91. The fourth-order valence-corrected chi connectivity index (χ4v) is 4.48. The van der Waals surface area contributed by atoms with Gasteiger partial charge in [0, 0.05) is 6.61 Å². The Morgan fingerprint density at radius 2 is 2.11 bits per heavy atom. The van der Waals surface area contributed by atoms with E-state index in [4.69, 9.17) is 0 Å². The summed E-state index contributed by atoms with van der Waals surface area (Å²) in [6, 6.07) is 3.91. The SMILES string of the molecule is O=S1(=O)CCC(C(CO)Cc2cccc(F)c2F)C1. The second-order valence-corrected chi connectivity index (χ2v) is 7.25. The van der Waals surface area contributed by atoms with Crippen LogP contribution in [0.25, 0.3) is 0 Å². The minimum atomic E-state index is -3.04. The largest absolute Gasteiger partial charge is 0.396 e. The van der Waals surface area contributed by atoms with Crippen LogP contribution in [0.3, 0.4) is 0 Å². The Kier molecular flexibility index (Phi) is 4.20. The minimum absolute atomic E-state index is 0.0230. The van der Waals surface area contributed by atoms with E-state index in [0.29, 0.717) is 6.42 Å². The summed E-state index contributed by atoms with van der Waals surface area (Å²) in [5.74, 6) is -2.24. The molecule has 1 fully saturated rings. The summed E-state index contributed by atoms with van der Waals surface area (Å²) in [5, 5.41) is 9.37. The number of aliphatic hydroxyl groups is 1. The molecule has 0 aromatic heterocycles. The lowest BCUT2D eigenvalue weighted by atomic mass is 9.87. The first kappa shape index (κ1) is 14.4. The molecule has 3 nitrogen and oxygen atoms in total. The van der Waals surface area contributed by atoms with E-state index in [9.17, 15) is 22.3 Å². The average Bonchev–Trinajstić information content (AvgIpc) is 2.71. The summed E-state index contributed by atoms with van der Waals surface area (Å²) < 4.78 is 49.5. The number of rotatable bonds is 4. The third-order valence-corrected chi connectivity index (χ3v) is 5.48. The van der Waals surface area contributed by atoms with Gasteiger partial charge in [-0.25, -0.2) is 17.2 Å². The van der Waals surface area contributed by atoms with Gasteiger partial charge in [0.25, 0.3) is 0 Å². The first-order valence-electron chi connectivity index (χ1n) is 6.17. The second-order valence-electron chi connectivity index (χ2n) is 5.02. The summed E-state index contributed by atoms with van der Waals surface area (Å²) in [6.07, 6.45) is 0.630. The van der Waals surface area contributed by atoms with Crippen LogP contribution in [-0.2, 0) is 16.3 Å². The molecule has 2 unspecified atom stereocenters. The molecule has 6 heteroatoms. The van der Waals surface area contributed by atoms with Crippen LogP contribution in [0, 0.1) is 23.5 Å². The van der Waals surface area contributed by atoms with E-state index in [-0.39, 0.29) is 41.9 Å². The Hall–Kier alpha value is -1.01. The van der Waals surface area contributed by atoms with E-state index in [1.54, 1.807) is 0 Å². The molecule has 1 aromatic rings. The molecule has 0 saturated carbocycles. The number of benzene rings is 1. The number of aliphatic hydroxyl groups excluding tert-OH is 1. The van der Waals surface area contributed by atoms with Crippen molar-refractivity contribution in [3.63, 3.8) is 0 Å². The maximum absolute atomic E-state index is 13.6. The molecule has 0 spiro atoms. The molecule has 2 atom stereocenters. The lowest BCUT2D eigenvalue weighted by molar-refractivity contribution is 0.183. The van der Waals surface area contributed by atoms with Gasteiger partial charge in [-0.1, -0.05) is 12.1 Å². The van der Waals surface area contributed by atoms with Gasteiger partial charge in [-0.05, 0) is 36.3 Å². The molecule has 1 aliphatic rings. The van der Waals surface area contributed by atoms with Crippen LogP contribution in [0.1, 0.15) is 12.0 Å². The first-order chi connectivity index (χ1) is 8.93. The van der Waals surface area contributed by atoms with Crippen molar-refractivity contribution >= 4 is 9.84 Å². The maximum Gasteiger partial charge on any atom is 0.162 e. The zero-order valence-electron chi connectivity index (χ0n) is 10.4. The molecule has 0 bridgehead atoms. The lowest BCUT2D eigenvalue weighted by Crippen LogP contribution is -2.22. The summed E-state index contributed by atoms with van der Waals surface area (Å²) in [4.78, 5) is 0. The molecule has 1 aliphatic heterocycles. The van der Waals surface area contributed by atoms with Crippen molar-refractivity contribution in [3.05, 3.63) is 35.4 Å². The van der Waals surface area contributed by atoms with Crippen LogP contribution in [-0.4, -0.2) is 31.6 Å². The van der Waals surface area contributed by atoms with E-state index < -0.39 is 21.5 Å². The van der Waals surface area contributed by atoms with Crippen LogP contribution < -0.4 is 0 Å². The Morgan fingerprint density at radius 1 is 1.37 bits per heavy atom. The summed E-state index contributed by atoms with van der Waals surface area (Å²) in [5.41, 5.74) is 0.184. The predicted molar refractivity (Wildman–Crippen MR) is 67.4 cm³/mol. The van der Waals surface area contributed by atoms with E-state index >= 15 is 0 Å². The molecule has 1 saturated heterocycles. The predicted octanol–water partition coefficient (Wildman–Crippen LogP) is 1.55. The molecule has 106 valence electrons. The van der Waals surface area contributed by atoms with Crippen LogP contribution in [0.5, 0.6) is 0 Å². The fraction of sp³-hybridized carbons (Fsp3) is 0.538. The van der Waals surface area contributed by atoms with Crippen LogP contribution in [0.2, 0.25) is 0 Å². The van der Waals surface area contributed by atoms with Gasteiger partial charge in [-0.2, -0.15) is 0 Å². The lowest BCUT2D eigenvalue weighted by Gasteiger charge is -2.20. The van der Waals surface area contributed by atoms with Gasteiger partial charge in [0.1, 0.15) is 0 Å². The van der Waals surface area contributed by atoms with Crippen molar-refractivity contribution < 1.29 is 22.3 Å². The fourth-order valence-electron chi connectivity index (χ4n) is 2.56. The topological polar surface area (TPSA) is 54.4 Å². The normalized spacial score (nSPS) is 23.4.